The van der Waals surface area contributed by atoms with Crippen molar-refractivity contribution in [2.24, 2.45) is 0 Å². The second-order valence-electron chi connectivity index (χ2n) is 8.66. The molecule has 0 aliphatic carbocycles. The molecule has 0 saturated carbocycles. The number of benzene rings is 1. The minimum Gasteiger partial charge on any atom is -0.496 e. The van der Waals surface area contributed by atoms with Gasteiger partial charge in [0.1, 0.15) is 23.2 Å². The van der Waals surface area contributed by atoms with Gasteiger partial charge in [-0.1, -0.05) is 0 Å². The molecule has 9 heteroatoms. The first-order chi connectivity index (χ1) is 15.3. The van der Waals surface area contributed by atoms with Gasteiger partial charge in [-0.15, -0.1) is 0 Å². The zero-order valence-corrected chi connectivity index (χ0v) is 20.3. The summed E-state index contributed by atoms with van der Waals surface area (Å²) in [5, 5.41) is 0. The molecule has 2 aromatic rings. The number of ether oxygens (including phenoxy) is 1. The second-order valence-corrected chi connectivity index (χ2v) is 10.6. The Morgan fingerprint density at radius 1 is 0.781 bits per heavy atom. The number of anilines is 2. The van der Waals surface area contributed by atoms with Crippen molar-refractivity contribution in [2.45, 2.75) is 44.9 Å². The maximum absolute atomic E-state index is 13.4. The number of aryl methyl sites for hydroxylation is 3. The molecule has 2 fully saturated rings. The fourth-order valence-electron chi connectivity index (χ4n) is 4.54. The van der Waals surface area contributed by atoms with Crippen LogP contribution in [0.2, 0.25) is 0 Å². The number of hydrogen-bond donors (Lipinski definition) is 0. The second kappa shape index (κ2) is 9.23. The lowest BCUT2D eigenvalue weighted by atomic mass is 10.1. The zero-order chi connectivity index (χ0) is 22.9. The van der Waals surface area contributed by atoms with E-state index in [-0.39, 0.29) is 0 Å². The number of nitrogens with zero attached hydrogens (tertiary/aromatic N) is 5. The predicted molar refractivity (Wildman–Crippen MR) is 126 cm³/mol. The van der Waals surface area contributed by atoms with Crippen molar-refractivity contribution in [2.75, 3.05) is 56.2 Å². The van der Waals surface area contributed by atoms with E-state index in [2.05, 4.69) is 25.8 Å². The molecule has 0 bridgehead atoms. The minimum atomic E-state index is -3.57. The van der Waals surface area contributed by atoms with Crippen LogP contribution in [0.4, 0.5) is 11.6 Å². The van der Waals surface area contributed by atoms with Gasteiger partial charge in [0.25, 0.3) is 0 Å². The normalized spacial score (nSPS) is 18.1. The summed E-state index contributed by atoms with van der Waals surface area (Å²) >= 11 is 0. The average Bonchev–Trinajstić information content (AvgIpc) is 2.80. The van der Waals surface area contributed by atoms with Gasteiger partial charge in [0.2, 0.25) is 10.0 Å². The highest BCUT2D eigenvalue weighted by Gasteiger charge is 2.31. The van der Waals surface area contributed by atoms with Crippen LogP contribution in [-0.2, 0) is 10.0 Å². The first kappa shape index (κ1) is 22.8. The first-order valence-corrected chi connectivity index (χ1v) is 12.7. The largest absolute Gasteiger partial charge is 0.496 e. The maximum Gasteiger partial charge on any atom is 0.243 e. The summed E-state index contributed by atoms with van der Waals surface area (Å²) in [6.45, 7) is 9.72. The third-order valence-corrected chi connectivity index (χ3v) is 8.40. The molecule has 0 spiro atoms. The first-order valence-electron chi connectivity index (χ1n) is 11.3. The number of hydrogen-bond acceptors (Lipinski definition) is 7. The Morgan fingerprint density at radius 3 is 1.97 bits per heavy atom. The summed E-state index contributed by atoms with van der Waals surface area (Å²) in [7, 11) is -1.97. The van der Waals surface area contributed by atoms with Gasteiger partial charge in [-0.3, -0.25) is 0 Å². The van der Waals surface area contributed by atoms with Crippen LogP contribution in [0.1, 0.15) is 36.2 Å². The third-order valence-electron chi connectivity index (χ3n) is 6.36. The Hall–Kier alpha value is -2.39. The molecule has 32 heavy (non-hydrogen) atoms. The number of aromatic nitrogens is 2. The number of piperidine rings is 1. The highest BCUT2D eigenvalue weighted by atomic mass is 32.2. The van der Waals surface area contributed by atoms with Crippen molar-refractivity contribution >= 4 is 21.7 Å². The van der Waals surface area contributed by atoms with Crippen molar-refractivity contribution in [1.82, 2.24) is 14.3 Å². The van der Waals surface area contributed by atoms with E-state index >= 15 is 0 Å². The fourth-order valence-corrected chi connectivity index (χ4v) is 6.25. The molecule has 0 N–H and O–H groups in total. The minimum absolute atomic E-state index is 0.356. The summed E-state index contributed by atoms with van der Waals surface area (Å²) < 4.78 is 33.6. The molecule has 1 aromatic carbocycles. The molecular formula is C23H33N5O3S. The predicted octanol–water partition coefficient (Wildman–Crippen LogP) is 2.91. The SMILES string of the molecule is COc1cc(C)c(S(=O)(=O)N2CCN(c3cc(N4CCCCC4)nc(C)n3)CC2)cc1C. The van der Waals surface area contributed by atoms with Crippen molar-refractivity contribution in [1.29, 1.82) is 0 Å². The van der Waals surface area contributed by atoms with Crippen molar-refractivity contribution in [3.8, 4) is 5.75 Å². The molecule has 0 amide bonds. The number of rotatable bonds is 5. The van der Waals surface area contributed by atoms with Gasteiger partial charge >= 0.3 is 0 Å². The molecule has 0 unspecified atom stereocenters. The fraction of sp³-hybridized carbons (Fsp3) is 0.565. The van der Waals surface area contributed by atoms with Gasteiger partial charge in [0.05, 0.1) is 12.0 Å². The van der Waals surface area contributed by atoms with E-state index in [1.165, 1.54) is 19.3 Å². The van der Waals surface area contributed by atoms with Gasteiger partial charge in [-0.2, -0.15) is 4.31 Å². The highest BCUT2D eigenvalue weighted by molar-refractivity contribution is 7.89. The van der Waals surface area contributed by atoms with E-state index in [0.717, 1.165) is 36.1 Å². The van der Waals surface area contributed by atoms with Crippen LogP contribution >= 0.6 is 0 Å². The molecule has 4 rings (SSSR count). The van der Waals surface area contributed by atoms with E-state index in [9.17, 15) is 8.42 Å². The molecule has 0 radical (unpaired) electrons. The maximum atomic E-state index is 13.4. The lowest BCUT2D eigenvalue weighted by Crippen LogP contribution is -2.49. The Balaban J connectivity index is 1.50. The Kier molecular flexibility index (Phi) is 6.57. The summed E-state index contributed by atoms with van der Waals surface area (Å²) in [4.78, 5) is 14.2. The van der Waals surface area contributed by atoms with Gasteiger partial charge in [-0.25, -0.2) is 18.4 Å². The molecule has 174 valence electrons. The summed E-state index contributed by atoms with van der Waals surface area (Å²) in [5.41, 5.74) is 1.52. The Bertz CT molecular complexity index is 1080. The van der Waals surface area contributed by atoms with E-state index < -0.39 is 10.0 Å². The van der Waals surface area contributed by atoms with Crippen LogP contribution in [0.5, 0.6) is 5.75 Å². The molecule has 8 nitrogen and oxygen atoms in total. The molecule has 0 atom stereocenters. The Labute approximate surface area is 191 Å². The van der Waals surface area contributed by atoms with Crippen LogP contribution in [0.25, 0.3) is 0 Å². The molecular weight excluding hydrogens is 426 g/mol. The van der Waals surface area contributed by atoms with E-state index in [0.29, 0.717) is 42.4 Å². The molecule has 2 saturated heterocycles. The summed E-state index contributed by atoms with van der Waals surface area (Å²) in [6, 6.07) is 5.57. The van der Waals surface area contributed by atoms with Gasteiger partial charge < -0.3 is 14.5 Å². The van der Waals surface area contributed by atoms with Crippen LogP contribution in [0, 0.1) is 20.8 Å². The van der Waals surface area contributed by atoms with E-state index in [1.807, 2.05) is 20.8 Å². The molecule has 1 aromatic heterocycles. The van der Waals surface area contributed by atoms with Gasteiger partial charge in [0, 0.05) is 45.3 Å². The van der Waals surface area contributed by atoms with E-state index in [4.69, 9.17) is 4.74 Å². The number of sulfonamides is 1. The van der Waals surface area contributed by atoms with Crippen molar-refractivity contribution < 1.29 is 13.2 Å². The van der Waals surface area contributed by atoms with Gasteiger partial charge in [0.15, 0.2) is 0 Å². The quantitative estimate of drug-likeness (QED) is 0.680. The topological polar surface area (TPSA) is 78.9 Å². The molecule has 3 heterocycles. The van der Waals surface area contributed by atoms with Crippen LogP contribution in [-0.4, -0.2) is 69.1 Å². The van der Waals surface area contributed by atoms with E-state index in [1.54, 1.807) is 23.5 Å². The van der Waals surface area contributed by atoms with Crippen LogP contribution < -0.4 is 14.5 Å². The standard InChI is InChI=1S/C23H33N5O3S/c1-17-15-21(18(2)14-20(17)31-4)32(29,30)28-12-10-27(11-13-28)23-16-22(24-19(3)25-23)26-8-6-5-7-9-26/h14-16H,5-13H2,1-4H3. The van der Waals surface area contributed by atoms with Crippen LogP contribution in [0.15, 0.2) is 23.1 Å². The van der Waals surface area contributed by atoms with Crippen LogP contribution in [0.3, 0.4) is 0 Å². The average molecular weight is 460 g/mol. The smallest absolute Gasteiger partial charge is 0.243 e. The van der Waals surface area contributed by atoms with Crippen molar-refractivity contribution in [3.05, 3.63) is 35.2 Å². The van der Waals surface area contributed by atoms with Gasteiger partial charge in [-0.05, 0) is 63.3 Å². The number of piperazine rings is 1. The lowest BCUT2D eigenvalue weighted by Gasteiger charge is -2.35. The lowest BCUT2D eigenvalue weighted by molar-refractivity contribution is 0.383. The Morgan fingerprint density at radius 2 is 1.38 bits per heavy atom. The molecule has 2 aliphatic heterocycles. The summed E-state index contributed by atoms with van der Waals surface area (Å²) in [5.74, 6) is 3.32. The molecule has 2 aliphatic rings. The monoisotopic (exact) mass is 459 g/mol. The third kappa shape index (κ3) is 4.54. The summed E-state index contributed by atoms with van der Waals surface area (Å²) in [6.07, 6.45) is 3.66. The van der Waals surface area contributed by atoms with Crippen molar-refractivity contribution in [3.63, 3.8) is 0 Å². The number of methoxy groups -OCH3 is 1. The zero-order valence-electron chi connectivity index (χ0n) is 19.5. The highest BCUT2D eigenvalue weighted by Crippen LogP contribution is 2.29.